The SMILES string of the molecule is O=C(NCCC1=CCCCC1)C1CCCCc2nn(Cc3cccc(F)c3)c(=O)n21. The minimum Gasteiger partial charge on any atom is -0.354 e. The molecule has 1 aliphatic heterocycles. The van der Waals surface area contributed by atoms with Crippen LogP contribution in [0.15, 0.2) is 40.7 Å². The van der Waals surface area contributed by atoms with Gasteiger partial charge in [0.2, 0.25) is 5.91 Å². The number of hydrogen-bond donors (Lipinski definition) is 1. The highest BCUT2D eigenvalue weighted by molar-refractivity contribution is 5.80. The number of halogens is 1. The number of carbonyl (C=O) groups excluding carboxylic acids is 1. The van der Waals surface area contributed by atoms with Crippen LogP contribution in [0.25, 0.3) is 0 Å². The Bertz CT molecular complexity index is 991. The van der Waals surface area contributed by atoms with Crippen LogP contribution in [0.5, 0.6) is 0 Å². The number of hydrogen-bond acceptors (Lipinski definition) is 3. The first kappa shape index (κ1) is 20.6. The van der Waals surface area contributed by atoms with Gasteiger partial charge >= 0.3 is 5.69 Å². The fourth-order valence-electron chi connectivity index (χ4n) is 4.45. The van der Waals surface area contributed by atoms with E-state index in [1.807, 2.05) is 0 Å². The van der Waals surface area contributed by atoms with Crippen molar-refractivity contribution in [1.29, 1.82) is 0 Å². The van der Waals surface area contributed by atoms with Crippen molar-refractivity contribution in [3.8, 4) is 0 Å². The highest BCUT2D eigenvalue weighted by Crippen LogP contribution is 2.23. The molecular weight excluding hydrogens is 383 g/mol. The predicted molar refractivity (Wildman–Crippen MR) is 113 cm³/mol. The summed E-state index contributed by atoms with van der Waals surface area (Å²) >= 11 is 0. The van der Waals surface area contributed by atoms with Gasteiger partial charge in [-0.3, -0.25) is 9.36 Å². The lowest BCUT2D eigenvalue weighted by atomic mass is 9.97. The van der Waals surface area contributed by atoms with Gasteiger partial charge in [0.25, 0.3) is 0 Å². The quantitative estimate of drug-likeness (QED) is 0.739. The van der Waals surface area contributed by atoms with Crippen molar-refractivity contribution in [3.63, 3.8) is 0 Å². The van der Waals surface area contributed by atoms with Crippen molar-refractivity contribution in [3.05, 3.63) is 63.6 Å². The van der Waals surface area contributed by atoms with E-state index in [4.69, 9.17) is 0 Å². The highest BCUT2D eigenvalue weighted by atomic mass is 19.1. The molecule has 0 bridgehead atoms. The Morgan fingerprint density at radius 1 is 1.20 bits per heavy atom. The Morgan fingerprint density at radius 2 is 2.07 bits per heavy atom. The maximum absolute atomic E-state index is 13.5. The van der Waals surface area contributed by atoms with Gasteiger partial charge in [-0.15, -0.1) is 0 Å². The van der Waals surface area contributed by atoms with Gasteiger partial charge < -0.3 is 5.32 Å². The van der Waals surface area contributed by atoms with Crippen LogP contribution in [0, 0.1) is 5.82 Å². The number of fused-ring (bicyclic) bond motifs is 1. The first-order valence-electron chi connectivity index (χ1n) is 11.0. The molecule has 1 unspecified atom stereocenters. The monoisotopic (exact) mass is 412 g/mol. The van der Waals surface area contributed by atoms with Crippen LogP contribution in [0.3, 0.4) is 0 Å². The molecule has 1 N–H and O–H groups in total. The fraction of sp³-hybridized carbons (Fsp3) is 0.522. The Hall–Kier alpha value is -2.70. The van der Waals surface area contributed by atoms with Gasteiger partial charge in [0.05, 0.1) is 6.54 Å². The number of aryl methyl sites for hydroxylation is 1. The summed E-state index contributed by atoms with van der Waals surface area (Å²) in [5, 5.41) is 7.51. The van der Waals surface area contributed by atoms with Crippen LogP contribution in [0.4, 0.5) is 4.39 Å². The van der Waals surface area contributed by atoms with Gasteiger partial charge in [0.15, 0.2) is 0 Å². The van der Waals surface area contributed by atoms with Gasteiger partial charge in [0, 0.05) is 13.0 Å². The van der Waals surface area contributed by atoms with E-state index in [9.17, 15) is 14.0 Å². The van der Waals surface area contributed by atoms with E-state index in [1.165, 1.54) is 35.2 Å². The number of benzene rings is 1. The summed E-state index contributed by atoms with van der Waals surface area (Å²) in [4.78, 5) is 26.0. The zero-order valence-electron chi connectivity index (χ0n) is 17.3. The molecule has 0 saturated carbocycles. The second kappa shape index (κ2) is 9.41. The van der Waals surface area contributed by atoms with Gasteiger partial charge in [-0.25, -0.2) is 13.9 Å². The van der Waals surface area contributed by atoms with Crippen molar-refractivity contribution in [2.45, 2.75) is 70.4 Å². The van der Waals surface area contributed by atoms with Gasteiger partial charge in [0.1, 0.15) is 17.7 Å². The number of aromatic nitrogens is 3. The lowest BCUT2D eigenvalue weighted by Gasteiger charge is -2.18. The summed E-state index contributed by atoms with van der Waals surface area (Å²) in [7, 11) is 0. The first-order valence-corrected chi connectivity index (χ1v) is 11.0. The van der Waals surface area contributed by atoms with Crippen molar-refractivity contribution in [1.82, 2.24) is 19.7 Å². The lowest BCUT2D eigenvalue weighted by molar-refractivity contribution is -0.124. The fourth-order valence-corrected chi connectivity index (χ4v) is 4.45. The molecule has 1 amide bonds. The van der Waals surface area contributed by atoms with Crippen molar-refractivity contribution < 1.29 is 9.18 Å². The number of nitrogens with one attached hydrogen (secondary N) is 1. The third-order valence-electron chi connectivity index (χ3n) is 6.04. The van der Waals surface area contributed by atoms with Gasteiger partial charge in [-0.05, 0) is 62.6 Å². The topological polar surface area (TPSA) is 68.9 Å². The average molecular weight is 413 g/mol. The van der Waals surface area contributed by atoms with Crippen molar-refractivity contribution >= 4 is 5.91 Å². The minimum atomic E-state index is -0.531. The summed E-state index contributed by atoms with van der Waals surface area (Å²) in [6.07, 6.45) is 11.0. The number of carbonyl (C=O) groups is 1. The normalized spacial score (nSPS) is 19.0. The smallest absolute Gasteiger partial charge is 0.346 e. The summed E-state index contributed by atoms with van der Waals surface area (Å²) < 4.78 is 16.4. The Labute approximate surface area is 175 Å². The number of nitrogens with zero attached hydrogens (tertiary/aromatic N) is 3. The summed E-state index contributed by atoms with van der Waals surface area (Å²) in [5.74, 6) is 0.192. The van der Waals surface area contributed by atoms with Crippen LogP contribution in [0.2, 0.25) is 0 Å². The molecule has 7 heteroatoms. The molecule has 160 valence electrons. The minimum absolute atomic E-state index is 0.109. The van der Waals surface area contributed by atoms with Gasteiger partial charge in [-0.2, -0.15) is 5.10 Å². The Balaban J connectivity index is 1.49. The first-order chi connectivity index (χ1) is 14.6. The molecule has 0 radical (unpaired) electrons. The zero-order valence-corrected chi connectivity index (χ0v) is 17.3. The second-order valence-electron chi connectivity index (χ2n) is 8.27. The van der Waals surface area contributed by atoms with E-state index in [1.54, 1.807) is 16.7 Å². The van der Waals surface area contributed by atoms with Crippen molar-refractivity contribution in [2.75, 3.05) is 6.54 Å². The Kier molecular flexibility index (Phi) is 6.45. The van der Waals surface area contributed by atoms with E-state index < -0.39 is 6.04 Å². The van der Waals surface area contributed by atoms with E-state index in [-0.39, 0.29) is 24.0 Å². The van der Waals surface area contributed by atoms with Crippen LogP contribution >= 0.6 is 0 Å². The third-order valence-corrected chi connectivity index (χ3v) is 6.04. The number of allylic oxidation sites excluding steroid dienone is 1. The largest absolute Gasteiger partial charge is 0.354 e. The molecule has 1 aromatic heterocycles. The third kappa shape index (κ3) is 4.71. The van der Waals surface area contributed by atoms with Crippen LogP contribution in [-0.4, -0.2) is 26.8 Å². The molecule has 0 fully saturated rings. The Morgan fingerprint density at radius 3 is 2.87 bits per heavy atom. The maximum atomic E-state index is 13.5. The molecule has 6 nitrogen and oxygen atoms in total. The highest BCUT2D eigenvalue weighted by Gasteiger charge is 2.29. The number of amides is 1. The van der Waals surface area contributed by atoms with E-state index in [0.717, 1.165) is 32.1 Å². The molecule has 1 atom stereocenters. The number of rotatable bonds is 6. The van der Waals surface area contributed by atoms with Crippen LogP contribution in [-0.2, 0) is 17.8 Å². The molecule has 2 heterocycles. The standard InChI is InChI=1S/C23H29FN4O2/c24-19-10-6-9-18(15-19)16-27-23(30)28-20(11-4-5-12-21(28)26-27)22(29)25-14-13-17-7-2-1-3-8-17/h6-7,9-10,15,20H,1-5,8,11-14,16H2,(H,25,29). The lowest BCUT2D eigenvalue weighted by Crippen LogP contribution is -2.38. The molecule has 0 saturated heterocycles. The zero-order chi connectivity index (χ0) is 20.9. The molecule has 0 spiro atoms. The molecule has 1 aromatic carbocycles. The van der Waals surface area contributed by atoms with Crippen LogP contribution < -0.4 is 11.0 Å². The summed E-state index contributed by atoms with van der Waals surface area (Å²) in [6, 6.07) is 5.63. The van der Waals surface area contributed by atoms with E-state index in [0.29, 0.717) is 30.8 Å². The molecule has 4 rings (SSSR count). The van der Waals surface area contributed by atoms with E-state index in [2.05, 4.69) is 16.5 Å². The van der Waals surface area contributed by atoms with Crippen LogP contribution in [0.1, 0.15) is 68.8 Å². The molecule has 1 aliphatic carbocycles. The van der Waals surface area contributed by atoms with Crippen molar-refractivity contribution in [2.24, 2.45) is 0 Å². The molecular formula is C23H29FN4O2. The van der Waals surface area contributed by atoms with Gasteiger partial charge in [-0.1, -0.05) is 30.2 Å². The molecule has 30 heavy (non-hydrogen) atoms. The summed E-state index contributed by atoms with van der Waals surface area (Å²) in [5.41, 5.74) is 1.79. The average Bonchev–Trinajstić information content (AvgIpc) is 2.91. The predicted octanol–water partition coefficient (Wildman–Crippen LogP) is 3.51. The summed E-state index contributed by atoms with van der Waals surface area (Å²) in [6.45, 7) is 0.793. The maximum Gasteiger partial charge on any atom is 0.346 e. The molecule has 2 aromatic rings. The second-order valence-corrected chi connectivity index (χ2v) is 8.27. The molecule has 2 aliphatic rings. The van der Waals surface area contributed by atoms with E-state index >= 15 is 0 Å².